The van der Waals surface area contributed by atoms with Crippen molar-refractivity contribution in [3.63, 3.8) is 0 Å². The summed E-state index contributed by atoms with van der Waals surface area (Å²) in [6, 6.07) is 7.53. The van der Waals surface area contributed by atoms with Crippen molar-refractivity contribution in [2.45, 2.75) is 27.2 Å². The molecule has 27 heavy (non-hydrogen) atoms. The molecule has 146 valence electrons. The summed E-state index contributed by atoms with van der Waals surface area (Å²) in [5, 5.41) is 10.5. The van der Waals surface area contributed by atoms with Crippen LogP contribution in [0.3, 0.4) is 0 Å². The Hall–Kier alpha value is -2.41. The van der Waals surface area contributed by atoms with Gasteiger partial charge in [0, 0.05) is 25.2 Å². The van der Waals surface area contributed by atoms with Crippen LogP contribution in [-0.4, -0.2) is 59.1 Å². The highest BCUT2D eigenvalue weighted by Crippen LogP contribution is 2.24. The van der Waals surface area contributed by atoms with E-state index in [1.807, 2.05) is 24.3 Å². The van der Waals surface area contributed by atoms with E-state index in [0.29, 0.717) is 18.9 Å². The van der Waals surface area contributed by atoms with E-state index in [0.717, 1.165) is 42.8 Å². The molecule has 7 nitrogen and oxygen atoms in total. The minimum atomic E-state index is -0.480. The Kier molecular flexibility index (Phi) is 6.45. The number of H-pyrrole nitrogens is 1. The van der Waals surface area contributed by atoms with Gasteiger partial charge in [0.15, 0.2) is 5.69 Å². The lowest BCUT2D eigenvalue weighted by atomic mass is 9.92. The molecule has 2 heterocycles. The maximum Gasteiger partial charge on any atom is 0.361 e. The number of carbonyl (C=O) groups is 1. The van der Waals surface area contributed by atoms with Crippen LogP contribution in [-0.2, 0) is 4.74 Å². The molecule has 1 aromatic carbocycles. The number of benzene rings is 1. The Balaban J connectivity index is 1.55. The first kappa shape index (κ1) is 19.4. The maximum atomic E-state index is 11.9. The van der Waals surface area contributed by atoms with Gasteiger partial charge in [-0.1, -0.05) is 13.8 Å². The highest BCUT2D eigenvalue weighted by molar-refractivity contribution is 5.93. The molecule has 0 radical (unpaired) electrons. The Morgan fingerprint density at radius 3 is 2.56 bits per heavy atom. The number of ether oxygens (including phenoxy) is 2. The Morgan fingerprint density at radius 2 is 1.89 bits per heavy atom. The fourth-order valence-electron chi connectivity index (χ4n) is 3.75. The number of likely N-dealkylation sites (tertiary alicyclic amines) is 1. The van der Waals surface area contributed by atoms with Crippen LogP contribution in [0, 0.1) is 11.8 Å². The van der Waals surface area contributed by atoms with Gasteiger partial charge in [0.2, 0.25) is 0 Å². The van der Waals surface area contributed by atoms with Gasteiger partial charge in [-0.2, -0.15) is 10.3 Å². The normalized spacial score (nSPS) is 20.4. The lowest BCUT2D eigenvalue weighted by Gasteiger charge is -2.34. The maximum absolute atomic E-state index is 11.9. The van der Waals surface area contributed by atoms with Gasteiger partial charge in [-0.3, -0.25) is 4.90 Å². The molecule has 1 N–H and O–H groups in total. The third kappa shape index (κ3) is 5.07. The van der Waals surface area contributed by atoms with E-state index in [-0.39, 0.29) is 5.69 Å². The summed E-state index contributed by atoms with van der Waals surface area (Å²) in [4.78, 5) is 14.4. The first-order valence-corrected chi connectivity index (χ1v) is 9.60. The molecule has 0 amide bonds. The summed E-state index contributed by atoms with van der Waals surface area (Å²) in [6.07, 6.45) is 1.31. The minimum Gasteiger partial charge on any atom is -0.492 e. The molecule has 2 atom stereocenters. The van der Waals surface area contributed by atoms with E-state index in [9.17, 15) is 4.79 Å². The summed E-state index contributed by atoms with van der Waals surface area (Å²) < 4.78 is 10.9. The number of nitrogens with zero attached hydrogens (tertiary/aromatic N) is 3. The SMILES string of the molecule is CCOC(=O)c1n[nH]nc1-c1ccc(OCCN2CC(C)CC(C)C2)cc1. The summed E-state index contributed by atoms with van der Waals surface area (Å²) in [5.74, 6) is 1.83. The van der Waals surface area contributed by atoms with E-state index in [1.54, 1.807) is 6.92 Å². The van der Waals surface area contributed by atoms with Crippen molar-refractivity contribution in [2.75, 3.05) is 32.8 Å². The third-order valence-corrected chi connectivity index (χ3v) is 4.77. The average molecular weight is 372 g/mol. The van der Waals surface area contributed by atoms with Gasteiger partial charge < -0.3 is 9.47 Å². The van der Waals surface area contributed by atoms with Gasteiger partial charge in [-0.15, -0.1) is 5.10 Å². The van der Waals surface area contributed by atoms with Crippen LogP contribution in [0.4, 0.5) is 0 Å². The van der Waals surface area contributed by atoms with Gasteiger partial charge in [0.1, 0.15) is 18.1 Å². The van der Waals surface area contributed by atoms with Crippen LogP contribution in [0.5, 0.6) is 5.75 Å². The van der Waals surface area contributed by atoms with E-state index in [4.69, 9.17) is 9.47 Å². The number of aromatic amines is 1. The lowest BCUT2D eigenvalue weighted by molar-refractivity contribution is 0.0520. The molecule has 7 heteroatoms. The monoisotopic (exact) mass is 372 g/mol. The number of aromatic nitrogens is 3. The molecule has 2 unspecified atom stereocenters. The predicted molar refractivity (Wildman–Crippen MR) is 103 cm³/mol. The van der Waals surface area contributed by atoms with Crippen LogP contribution in [0.2, 0.25) is 0 Å². The van der Waals surface area contributed by atoms with Crippen molar-refractivity contribution < 1.29 is 14.3 Å². The molecule has 0 saturated carbocycles. The molecule has 1 saturated heterocycles. The van der Waals surface area contributed by atoms with E-state index in [1.165, 1.54) is 6.42 Å². The van der Waals surface area contributed by atoms with Crippen molar-refractivity contribution in [3.05, 3.63) is 30.0 Å². The number of esters is 1. The van der Waals surface area contributed by atoms with Crippen molar-refractivity contribution in [2.24, 2.45) is 11.8 Å². The Bertz CT molecular complexity index is 734. The van der Waals surface area contributed by atoms with Gasteiger partial charge in [-0.25, -0.2) is 4.79 Å². The molecule has 1 aliphatic heterocycles. The Morgan fingerprint density at radius 1 is 1.19 bits per heavy atom. The predicted octanol–water partition coefficient (Wildman–Crippen LogP) is 3.01. The van der Waals surface area contributed by atoms with Crippen molar-refractivity contribution in [3.8, 4) is 17.0 Å². The summed E-state index contributed by atoms with van der Waals surface area (Å²) in [5.41, 5.74) is 1.47. The van der Waals surface area contributed by atoms with Gasteiger partial charge in [0.05, 0.1) is 6.61 Å². The fraction of sp³-hybridized carbons (Fsp3) is 0.550. The number of hydrogen-bond donors (Lipinski definition) is 1. The highest BCUT2D eigenvalue weighted by Gasteiger charge is 2.21. The van der Waals surface area contributed by atoms with Crippen LogP contribution in [0.25, 0.3) is 11.3 Å². The van der Waals surface area contributed by atoms with Crippen molar-refractivity contribution in [1.82, 2.24) is 20.3 Å². The Labute approximate surface area is 160 Å². The fourth-order valence-corrected chi connectivity index (χ4v) is 3.75. The largest absolute Gasteiger partial charge is 0.492 e. The zero-order chi connectivity index (χ0) is 19.2. The molecular formula is C20H28N4O3. The second-order valence-electron chi connectivity index (χ2n) is 7.32. The summed E-state index contributed by atoms with van der Waals surface area (Å²) >= 11 is 0. The topological polar surface area (TPSA) is 80.3 Å². The van der Waals surface area contributed by atoms with Gasteiger partial charge in [-0.05, 0) is 49.4 Å². The van der Waals surface area contributed by atoms with E-state index < -0.39 is 5.97 Å². The molecule has 1 aromatic heterocycles. The summed E-state index contributed by atoms with van der Waals surface area (Å²) in [6.45, 7) is 10.6. The molecule has 3 rings (SSSR count). The van der Waals surface area contributed by atoms with Crippen LogP contribution in [0.15, 0.2) is 24.3 Å². The van der Waals surface area contributed by atoms with E-state index >= 15 is 0 Å². The van der Waals surface area contributed by atoms with Gasteiger partial charge >= 0.3 is 5.97 Å². The van der Waals surface area contributed by atoms with Crippen LogP contribution < -0.4 is 4.74 Å². The number of hydrogen-bond acceptors (Lipinski definition) is 6. The van der Waals surface area contributed by atoms with Crippen LogP contribution in [0.1, 0.15) is 37.7 Å². The molecule has 1 fully saturated rings. The lowest BCUT2D eigenvalue weighted by Crippen LogP contribution is -2.40. The highest BCUT2D eigenvalue weighted by atomic mass is 16.5. The first-order valence-electron chi connectivity index (χ1n) is 9.60. The second-order valence-corrected chi connectivity index (χ2v) is 7.32. The molecule has 0 spiro atoms. The third-order valence-electron chi connectivity index (χ3n) is 4.77. The molecule has 0 aliphatic carbocycles. The minimum absolute atomic E-state index is 0.193. The number of carbonyl (C=O) groups excluding carboxylic acids is 1. The quantitative estimate of drug-likeness (QED) is 0.753. The van der Waals surface area contributed by atoms with Crippen molar-refractivity contribution >= 4 is 5.97 Å². The average Bonchev–Trinajstić information content (AvgIpc) is 3.11. The second kappa shape index (κ2) is 8.99. The first-order chi connectivity index (χ1) is 13.1. The molecule has 0 bridgehead atoms. The van der Waals surface area contributed by atoms with E-state index in [2.05, 4.69) is 34.2 Å². The summed E-state index contributed by atoms with van der Waals surface area (Å²) in [7, 11) is 0. The standard InChI is InChI=1S/C20H28N4O3/c1-4-26-20(25)19-18(21-23-22-19)16-5-7-17(8-6-16)27-10-9-24-12-14(2)11-15(3)13-24/h5-8,14-15H,4,9-13H2,1-3H3,(H,21,22,23). The molecule has 2 aromatic rings. The number of nitrogens with one attached hydrogen (secondary N) is 1. The molecule has 1 aliphatic rings. The smallest absolute Gasteiger partial charge is 0.361 e. The van der Waals surface area contributed by atoms with Crippen LogP contribution >= 0.6 is 0 Å². The molecular weight excluding hydrogens is 344 g/mol. The van der Waals surface area contributed by atoms with Crippen molar-refractivity contribution in [1.29, 1.82) is 0 Å². The zero-order valence-electron chi connectivity index (χ0n) is 16.3. The van der Waals surface area contributed by atoms with Gasteiger partial charge in [0.25, 0.3) is 0 Å². The number of piperidine rings is 1. The number of rotatable bonds is 7. The zero-order valence-corrected chi connectivity index (χ0v) is 16.3.